The van der Waals surface area contributed by atoms with Crippen LogP contribution in [-0.2, 0) is 14.9 Å². The zero-order valence-electron chi connectivity index (χ0n) is 16.6. The Hall–Kier alpha value is 0.540. The molecule has 0 radical (unpaired) electrons. The molecule has 0 fully saturated rings. The summed E-state index contributed by atoms with van der Waals surface area (Å²) in [7, 11) is -4.21. The van der Waals surface area contributed by atoms with Crippen LogP contribution >= 0.6 is 0 Å². The summed E-state index contributed by atoms with van der Waals surface area (Å²) in [5.74, 6) is -0.131. The first-order valence-electron chi connectivity index (χ1n) is 9.09. The molecule has 1 unspecified atom stereocenters. The maximum atomic E-state index is 11.7. The average molecular weight is 374 g/mol. The molecule has 0 saturated carbocycles. The molecule has 0 saturated heterocycles. The van der Waals surface area contributed by atoms with Gasteiger partial charge in [0.15, 0.2) is 0 Å². The van der Waals surface area contributed by atoms with Crippen LogP contribution in [0.3, 0.4) is 0 Å². The Bertz CT molecular complexity index is 407. The smallest absolute Gasteiger partial charge is 1.00 e. The van der Waals surface area contributed by atoms with Crippen molar-refractivity contribution in [1.82, 2.24) is 0 Å². The van der Waals surface area contributed by atoms with Gasteiger partial charge in [0.05, 0.1) is 0 Å². The molecular formula is C17H36NNaO4S. The molecule has 0 spiro atoms. The number of carbonyl (C=O) groups is 1. The van der Waals surface area contributed by atoms with Crippen LogP contribution in [0.5, 0.6) is 0 Å². The fourth-order valence-corrected chi connectivity index (χ4v) is 3.29. The van der Waals surface area contributed by atoms with Gasteiger partial charge in [-0.1, -0.05) is 71.1 Å². The number of unbranched alkanes of at least 4 members (excludes halogenated alkanes) is 10. The molecule has 0 amide bonds. The summed E-state index contributed by atoms with van der Waals surface area (Å²) in [4.78, 5) is 11.7. The van der Waals surface area contributed by atoms with Gasteiger partial charge in [-0.25, -0.2) is 0 Å². The van der Waals surface area contributed by atoms with Crippen molar-refractivity contribution in [1.29, 1.82) is 0 Å². The Labute approximate surface area is 172 Å². The van der Waals surface area contributed by atoms with E-state index in [-0.39, 0.29) is 49.7 Å². The quantitative estimate of drug-likeness (QED) is 0.239. The van der Waals surface area contributed by atoms with Crippen LogP contribution in [0.1, 0.15) is 91.8 Å². The normalized spacial score (nSPS) is 12.6. The minimum absolute atomic E-state index is 0. The summed E-state index contributed by atoms with van der Waals surface area (Å²) in [6.07, 6.45) is 13.5. The van der Waals surface area contributed by atoms with Gasteiger partial charge in [0.2, 0.25) is 0 Å². The second kappa shape index (κ2) is 17.0. The molecule has 24 heavy (non-hydrogen) atoms. The van der Waals surface area contributed by atoms with Gasteiger partial charge in [0.25, 0.3) is 10.1 Å². The van der Waals surface area contributed by atoms with Crippen LogP contribution in [0.2, 0.25) is 0 Å². The molecule has 0 aromatic heterocycles. The van der Waals surface area contributed by atoms with Crippen LogP contribution in [0.4, 0.5) is 0 Å². The maximum Gasteiger partial charge on any atom is 1.00 e. The first kappa shape index (κ1) is 26.8. The SMILES string of the molecule is CCCCCCCCCCCCCC(=O)CC(CN)S(=O)(=O)O.[H-].[Na+]. The number of Topliss-reactive ketones (excluding diaryl/α,β-unsaturated/α-hetero) is 1. The van der Waals surface area contributed by atoms with Gasteiger partial charge in [-0.2, -0.15) is 8.42 Å². The van der Waals surface area contributed by atoms with Crippen molar-refractivity contribution < 1.29 is 48.7 Å². The van der Waals surface area contributed by atoms with Crippen molar-refractivity contribution in [3.05, 3.63) is 0 Å². The standard InChI is InChI=1S/C17H35NO4S.Na.H/c1-2-3-4-5-6-7-8-9-10-11-12-13-16(19)14-17(15-18)23(20,21)22;;/h17H,2-15,18H2,1H3,(H,20,21,22);;/q;+1;-1. The van der Waals surface area contributed by atoms with Crippen LogP contribution < -0.4 is 35.3 Å². The van der Waals surface area contributed by atoms with E-state index in [0.717, 1.165) is 19.3 Å². The zero-order valence-corrected chi connectivity index (χ0v) is 18.5. The van der Waals surface area contributed by atoms with E-state index in [1.165, 1.54) is 51.4 Å². The van der Waals surface area contributed by atoms with E-state index in [0.29, 0.717) is 6.42 Å². The van der Waals surface area contributed by atoms with Gasteiger partial charge in [-0.15, -0.1) is 0 Å². The number of rotatable bonds is 16. The molecule has 0 rings (SSSR count). The monoisotopic (exact) mass is 373 g/mol. The van der Waals surface area contributed by atoms with Crippen molar-refractivity contribution in [2.24, 2.45) is 5.73 Å². The van der Waals surface area contributed by atoms with Crippen LogP contribution in [0.25, 0.3) is 0 Å². The second-order valence-corrected chi connectivity index (χ2v) is 8.10. The van der Waals surface area contributed by atoms with Gasteiger partial charge < -0.3 is 7.16 Å². The van der Waals surface area contributed by atoms with Crippen molar-refractivity contribution in [3.63, 3.8) is 0 Å². The van der Waals surface area contributed by atoms with Crippen LogP contribution in [-0.4, -0.2) is 30.5 Å². The van der Waals surface area contributed by atoms with E-state index in [1.807, 2.05) is 0 Å². The summed E-state index contributed by atoms with van der Waals surface area (Å²) in [6.45, 7) is 2.01. The number of hydrogen-bond acceptors (Lipinski definition) is 4. The summed E-state index contributed by atoms with van der Waals surface area (Å²) in [5.41, 5.74) is 5.28. The summed E-state index contributed by atoms with van der Waals surface area (Å²) < 4.78 is 30.9. The van der Waals surface area contributed by atoms with E-state index in [1.54, 1.807) is 0 Å². The largest absolute Gasteiger partial charge is 1.00 e. The van der Waals surface area contributed by atoms with Gasteiger partial charge in [-0.3, -0.25) is 9.35 Å². The fraction of sp³-hybridized carbons (Fsp3) is 0.941. The minimum Gasteiger partial charge on any atom is -1.00 e. The zero-order chi connectivity index (χ0) is 17.6. The number of hydrogen-bond donors (Lipinski definition) is 2. The maximum absolute atomic E-state index is 11.7. The van der Waals surface area contributed by atoms with Crippen molar-refractivity contribution in [3.8, 4) is 0 Å². The third-order valence-corrected chi connectivity index (χ3v) is 5.40. The topological polar surface area (TPSA) is 97.5 Å². The molecule has 0 bridgehead atoms. The van der Waals surface area contributed by atoms with Gasteiger partial charge in [-0.05, 0) is 6.42 Å². The molecule has 0 heterocycles. The fourth-order valence-electron chi connectivity index (χ4n) is 2.65. The molecule has 0 aliphatic rings. The predicted molar refractivity (Wildman–Crippen MR) is 96.2 cm³/mol. The van der Waals surface area contributed by atoms with Gasteiger partial charge in [0.1, 0.15) is 11.0 Å². The number of carbonyl (C=O) groups excluding carboxylic acids is 1. The Balaban J connectivity index is -0.00000242. The second-order valence-electron chi connectivity index (χ2n) is 6.40. The summed E-state index contributed by atoms with van der Waals surface area (Å²) in [6, 6.07) is 0. The van der Waals surface area contributed by atoms with Crippen molar-refractivity contribution in [2.75, 3.05) is 6.54 Å². The Morgan fingerprint density at radius 2 is 1.38 bits per heavy atom. The van der Waals surface area contributed by atoms with Crippen molar-refractivity contribution in [2.45, 2.75) is 95.6 Å². The number of nitrogens with two attached hydrogens (primary N) is 1. The third kappa shape index (κ3) is 16.0. The minimum atomic E-state index is -4.21. The summed E-state index contributed by atoms with van der Waals surface area (Å²) >= 11 is 0. The molecule has 5 nitrogen and oxygen atoms in total. The van der Waals surface area contributed by atoms with Gasteiger partial charge in [0, 0.05) is 19.4 Å². The Morgan fingerprint density at radius 3 is 1.75 bits per heavy atom. The first-order valence-corrected chi connectivity index (χ1v) is 10.6. The first-order chi connectivity index (χ1) is 10.9. The molecule has 0 aromatic carbocycles. The summed E-state index contributed by atoms with van der Waals surface area (Å²) in [5, 5.41) is -1.15. The van der Waals surface area contributed by atoms with Crippen molar-refractivity contribution >= 4 is 15.9 Å². The van der Waals surface area contributed by atoms with E-state index < -0.39 is 15.4 Å². The average Bonchev–Trinajstić information content (AvgIpc) is 2.49. The molecule has 1 atom stereocenters. The molecule has 0 aliphatic heterocycles. The van der Waals surface area contributed by atoms with Crippen LogP contribution in [0, 0.1) is 0 Å². The predicted octanol–water partition coefficient (Wildman–Crippen LogP) is 0.978. The molecule has 0 aliphatic carbocycles. The Kier molecular flexibility index (Phi) is 18.9. The van der Waals surface area contributed by atoms with E-state index >= 15 is 0 Å². The molecular weight excluding hydrogens is 337 g/mol. The molecule has 140 valence electrons. The van der Waals surface area contributed by atoms with Gasteiger partial charge >= 0.3 is 29.6 Å². The number of ketones is 1. The van der Waals surface area contributed by atoms with Crippen LogP contribution in [0.15, 0.2) is 0 Å². The molecule has 7 heteroatoms. The Morgan fingerprint density at radius 1 is 0.958 bits per heavy atom. The molecule has 3 N–H and O–H groups in total. The van der Waals surface area contributed by atoms with E-state index in [2.05, 4.69) is 6.92 Å². The van der Waals surface area contributed by atoms with E-state index in [4.69, 9.17) is 10.3 Å². The van der Waals surface area contributed by atoms with E-state index in [9.17, 15) is 13.2 Å². The molecule has 0 aromatic rings. The third-order valence-electron chi connectivity index (χ3n) is 4.20.